The van der Waals surface area contributed by atoms with E-state index < -0.39 is 43.0 Å². The van der Waals surface area contributed by atoms with Gasteiger partial charge >= 0.3 is 5.97 Å². The lowest BCUT2D eigenvalue weighted by atomic mass is 10.1. The van der Waals surface area contributed by atoms with Crippen molar-refractivity contribution in [2.75, 3.05) is 13.2 Å². The molecule has 4 atom stereocenters. The third-order valence-corrected chi connectivity index (χ3v) is 2.86. The normalized spacial score (nSPS) is 28.5. The first-order valence-electron chi connectivity index (χ1n) is 5.93. The first-order chi connectivity index (χ1) is 9.93. The summed E-state index contributed by atoms with van der Waals surface area (Å²) >= 11 is 0. The molecule has 1 fully saturated rings. The molecule has 11 nitrogen and oxygen atoms in total. The largest absolute Gasteiger partial charge is 0.461 e. The first kappa shape index (κ1) is 15.3. The number of hydrogen-bond donors (Lipinski definition) is 4. The van der Waals surface area contributed by atoms with Gasteiger partial charge in [-0.1, -0.05) is 0 Å². The Balaban J connectivity index is 2.04. The number of aliphatic hydroxyl groups is 3. The molecule has 1 unspecified atom stereocenters. The van der Waals surface area contributed by atoms with Crippen LogP contribution >= 0.6 is 0 Å². The van der Waals surface area contributed by atoms with E-state index in [0.29, 0.717) is 0 Å². The van der Waals surface area contributed by atoms with Gasteiger partial charge < -0.3 is 30.5 Å². The third kappa shape index (κ3) is 3.16. The van der Waals surface area contributed by atoms with Gasteiger partial charge in [0, 0.05) is 0 Å². The maximum atomic E-state index is 10.9. The minimum Gasteiger partial charge on any atom is -0.461 e. The Morgan fingerprint density at radius 1 is 1.43 bits per heavy atom. The van der Waals surface area contributed by atoms with E-state index in [1.807, 2.05) is 0 Å². The van der Waals surface area contributed by atoms with Crippen LogP contribution in [0.5, 0.6) is 0 Å². The highest BCUT2D eigenvalue weighted by Crippen LogP contribution is 2.28. The van der Waals surface area contributed by atoms with Crippen molar-refractivity contribution in [3.63, 3.8) is 0 Å². The summed E-state index contributed by atoms with van der Waals surface area (Å²) in [5.74, 6) is -2.01. The van der Waals surface area contributed by atoms with E-state index in [9.17, 15) is 19.8 Å². The van der Waals surface area contributed by atoms with Gasteiger partial charge in [-0.3, -0.25) is 4.79 Å². The van der Waals surface area contributed by atoms with Crippen molar-refractivity contribution in [2.24, 2.45) is 5.73 Å². The van der Waals surface area contributed by atoms with Crippen LogP contribution in [0.1, 0.15) is 16.8 Å². The lowest BCUT2D eigenvalue weighted by Gasteiger charge is -2.14. The topological polar surface area (TPSA) is 170 Å². The molecule has 0 aliphatic carbocycles. The molecule has 21 heavy (non-hydrogen) atoms. The fourth-order valence-corrected chi connectivity index (χ4v) is 1.82. The zero-order valence-corrected chi connectivity index (χ0v) is 10.7. The molecule has 5 N–H and O–H groups in total. The molecule has 2 heterocycles. The molecule has 1 aliphatic heterocycles. The highest BCUT2D eigenvalue weighted by Gasteiger charge is 2.44. The molecule has 0 bridgehead atoms. The average molecular weight is 302 g/mol. The first-order valence-corrected chi connectivity index (χ1v) is 5.93. The summed E-state index contributed by atoms with van der Waals surface area (Å²) in [6.07, 6.45) is -3.73. The second-order valence-electron chi connectivity index (χ2n) is 4.30. The molecule has 11 heteroatoms. The van der Waals surface area contributed by atoms with Crippen molar-refractivity contribution in [3.8, 4) is 0 Å². The lowest BCUT2D eigenvalue weighted by Crippen LogP contribution is -2.34. The van der Waals surface area contributed by atoms with Crippen LogP contribution in [0.3, 0.4) is 0 Å². The fraction of sp³-hybridized carbons (Fsp3) is 0.600. The zero-order chi connectivity index (χ0) is 15.6. The number of aliphatic hydroxyl groups excluding tert-OH is 3. The Hall–Kier alpha value is -2.08. The van der Waals surface area contributed by atoms with Crippen molar-refractivity contribution >= 4 is 11.9 Å². The Labute approximate surface area is 117 Å². The number of aromatic nitrogens is 3. The summed E-state index contributed by atoms with van der Waals surface area (Å²) in [5.41, 5.74) is 5.00. The number of amides is 1. The van der Waals surface area contributed by atoms with Crippen LogP contribution in [0, 0.1) is 0 Å². The van der Waals surface area contributed by atoms with Gasteiger partial charge in [-0.15, -0.1) is 5.10 Å². The minimum absolute atomic E-state index is 0.268. The van der Waals surface area contributed by atoms with E-state index in [4.69, 9.17) is 15.6 Å². The van der Waals surface area contributed by atoms with Gasteiger partial charge in [0.25, 0.3) is 5.91 Å². The molecule has 1 amide bonds. The Kier molecular flexibility index (Phi) is 4.47. The molecule has 1 aromatic heterocycles. The highest BCUT2D eigenvalue weighted by atomic mass is 16.6. The predicted molar refractivity (Wildman–Crippen MR) is 62.5 cm³/mol. The lowest BCUT2D eigenvalue weighted by molar-refractivity contribution is -0.153. The summed E-state index contributed by atoms with van der Waals surface area (Å²) in [4.78, 5) is 25.4. The van der Waals surface area contributed by atoms with E-state index in [1.165, 1.54) is 0 Å². The van der Waals surface area contributed by atoms with Crippen molar-refractivity contribution in [1.29, 1.82) is 0 Å². The van der Waals surface area contributed by atoms with Gasteiger partial charge in [0.05, 0.1) is 0 Å². The Morgan fingerprint density at radius 3 is 2.71 bits per heavy atom. The molecule has 116 valence electrons. The van der Waals surface area contributed by atoms with E-state index in [2.05, 4.69) is 14.8 Å². The smallest absolute Gasteiger partial charge is 0.331 e. The average Bonchev–Trinajstić information content (AvgIpc) is 3.04. The SMILES string of the molecule is NC(=O)c1ncn([C@@H]2O[C@H](COC(=O)CO)[C@@H](O)C2O)n1. The van der Waals surface area contributed by atoms with Crippen molar-refractivity contribution < 1.29 is 34.4 Å². The van der Waals surface area contributed by atoms with Crippen LogP contribution in [0.25, 0.3) is 0 Å². The molecule has 0 aromatic carbocycles. The van der Waals surface area contributed by atoms with E-state index in [0.717, 1.165) is 11.0 Å². The van der Waals surface area contributed by atoms with Crippen molar-refractivity contribution in [3.05, 3.63) is 12.2 Å². The maximum Gasteiger partial charge on any atom is 0.331 e. The van der Waals surface area contributed by atoms with E-state index >= 15 is 0 Å². The molecule has 0 spiro atoms. The maximum absolute atomic E-state index is 10.9. The molecule has 0 saturated carbocycles. The van der Waals surface area contributed by atoms with Crippen LogP contribution in [0.2, 0.25) is 0 Å². The number of esters is 1. The van der Waals surface area contributed by atoms with Gasteiger partial charge in [0.1, 0.15) is 37.9 Å². The second-order valence-corrected chi connectivity index (χ2v) is 4.30. The summed E-state index contributed by atoms with van der Waals surface area (Å²) in [6.45, 7) is -1.16. The monoisotopic (exact) mass is 302 g/mol. The van der Waals surface area contributed by atoms with E-state index in [-0.39, 0.29) is 12.4 Å². The number of carbonyl (C=O) groups excluding carboxylic acids is 2. The third-order valence-electron chi connectivity index (χ3n) is 2.86. The van der Waals surface area contributed by atoms with Gasteiger partial charge in [0.2, 0.25) is 5.82 Å². The molecule has 2 rings (SSSR count). The Bertz CT molecular complexity index is 533. The van der Waals surface area contributed by atoms with Crippen LogP contribution in [0.4, 0.5) is 0 Å². The van der Waals surface area contributed by atoms with Crippen LogP contribution in [0.15, 0.2) is 6.33 Å². The van der Waals surface area contributed by atoms with Gasteiger partial charge in [-0.25, -0.2) is 14.5 Å². The molecular formula is C10H14N4O7. The number of hydrogen-bond acceptors (Lipinski definition) is 9. The van der Waals surface area contributed by atoms with Crippen LogP contribution in [-0.4, -0.2) is 73.5 Å². The number of carbonyl (C=O) groups is 2. The predicted octanol–water partition coefficient (Wildman–Crippen LogP) is -3.47. The molecule has 1 saturated heterocycles. The summed E-state index contributed by atoms with van der Waals surface area (Å²) < 4.78 is 11.0. The van der Waals surface area contributed by atoms with Crippen LogP contribution in [-0.2, 0) is 14.3 Å². The Morgan fingerprint density at radius 2 is 2.14 bits per heavy atom. The number of ether oxygens (including phenoxy) is 2. The zero-order valence-electron chi connectivity index (χ0n) is 10.7. The standard InChI is InChI=1S/C10H14N4O7/c11-8(19)9-12-3-14(13-9)10-7(18)6(17)4(21-10)2-20-5(16)1-15/h3-4,6-7,10,15,17-18H,1-2H2,(H2,11,19)/t4-,6-,7?,10-/m1/s1. The summed E-state index contributed by atoms with van der Waals surface area (Å²) in [6, 6.07) is 0. The molecule has 1 aromatic rings. The quantitative estimate of drug-likeness (QED) is 0.403. The number of rotatable bonds is 5. The summed E-state index contributed by atoms with van der Waals surface area (Å²) in [5, 5.41) is 31.9. The second kappa shape index (κ2) is 6.13. The van der Waals surface area contributed by atoms with Gasteiger partial charge in [0.15, 0.2) is 6.23 Å². The number of primary amides is 1. The molecular weight excluding hydrogens is 288 g/mol. The van der Waals surface area contributed by atoms with Gasteiger partial charge in [-0.05, 0) is 0 Å². The summed E-state index contributed by atoms with van der Waals surface area (Å²) in [7, 11) is 0. The van der Waals surface area contributed by atoms with Crippen molar-refractivity contribution in [2.45, 2.75) is 24.5 Å². The fourth-order valence-electron chi connectivity index (χ4n) is 1.82. The van der Waals surface area contributed by atoms with Crippen LogP contribution < -0.4 is 5.73 Å². The number of nitrogens with zero attached hydrogens (tertiary/aromatic N) is 3. The van der Waals surface area contributed by atoms with Crippen molar-refractivity contribution in [1.82, 2.24) is 14.8 Å². The molecule has 0 radical (unpaired) electrons. The number of nitrogens with two attached hydrogens (primary N) is 1. The molecule has 1 aliphatic rings. The highest BCUT2D eigenvalue weighted by molar-refractivity contribution is 5.88. The van der Waals surface area contributed by atoms with E-state index in [1.54, 1.807) is 0 Å². The van der Waals surface area contributed by atoms with Gasteiger partial charge in [-0.2, -0.15) is 0 Å². The minimum atomic E-state index is -1.37.